The van der Waals surface area contributed by atoms with Crippen LogP contribution < -0.4 is 19.7 Å². The molecule has 1 aromatic rings. The van der Waals surface area contributed by atoms with Crippen LogP contribution in [0, 0.1) is 11.3 Å². The molecule has 7 nitrogen and oxygen atoms in total. The number of quaternary nitrogens is 1. The van der Waals surface area contributed by atoms with Crippen molar-refractivity contribution in [3.63, 3.8) is 0 Å². The van der Waals surface area contributed by atoms with Gasteiger partial charge in [-0.3, -0.25) is 4.79 Å². The van der Waals surface area contributed by atoms with Crippen molar-refractivity contribution in [2.24, 2.45) is 11.3 Å². The summed E-state index contributed by atoms with van der Waals surface area (Å²) in [6.45, 7) is 10.3. The lowest BCUT2D eigenvalue weighted by Gasteiger charge is -2.40. The van der Waals surface area contributed by atoms with Crippen LogP contribution in [0.4, 0.5) is 4.79 Å². The summed E-state index contributed by atoms with van der Waals surface area (Å²) >= 11 is 0. The Morgan fingerprint density at radius 2 is 1.87 bits per heavy atom. The molecule has 172 valence electrons. The Morgan fingerprint density at radius 1 is 1.19 bits per heavy atom. The van der Waals surface area contributed by atoms with Gasteiger partial charge in [0, 0.05) is 5.56 Å². The second-order valence-electron chi connectivity index (χ2n) is 10.1. The number of methoxy groups -OCH3 is 1. The number of urea groups is 1. The Balaban J connectivity index is 1.63. The molecule has 7 heteroatoms. The molecule has 1 spiro atoms. The van der Waals surface area contributed by atoms with Gasteiger partial charge in [-0.25, -0.2) is 9.69 Å². The first-order valence-corrected chi connectivity index (χ1v) is 11.3. The number of nitrogens with one attached hydrogen (secondary N) is 2. The fourth-order valence-corrected chi connectivity index (χ4v) is 4.91. The van der Waals surface area contributed by atoms with E-state index in [1.165, 1.54) is 4.90 Å². The molecule has 0 radical (unpaired) electrons. The van der Waals surface area contributed by atoms with E-state index in [1.54, 1.807) is 7.11 Å². The van der Waals surface area contributed by atoms with Crippen LogP contribution >= 0.6 is 0 Å². The van der Waals surface area contributed by atoms with E-state index in [0.717, 1.165) is 36.1 Å². The van der Waals surface area contributed by atoms with E-state index in [9.17, 15) is 9.59 Å². The summed E-state index contributed by atoms with van der Waals surface area (Å²) < 4.78 is 11.0. The number of imide groups is 1. The van der Waals surface area contributed by atoms with Gasteiger partial charge < -0.3 is 19.7 Å². The normalized spacial score (nSPS) is 25.0. The van der Waals surface area contributed by atoms with Crippen molar-refractivity contribution in [2.45, 2.75) is 65.5 Å². The fourth-order valence-electron chi connectivity index (χ4n) is 4.91. The fraction of sp³-hybridized carbons (Fsp3) is 0.667. The van der Waals surface area contributed by atoms with Crippen LogP contribution in [0.3, 0.4) is 0 Å². The Labute approximate surface area is 186 Å². The van der Waals surface area contributed by atoms with Gasteiger partial charge >= 0.3 is 6.03 Å². The maximum Gasteiger partial charge on any atom is 0.329 e. The molecule has 1 saturated carbocycles. The Morgan fingerprint density at radius 3 is 2.45 bits per heavy atom. The van der Waals surface area contributed by atoms with Gasteiger partial charge in [-0.1, -0.05) is 20.8 Å². The zero-order chi connectivity index (χ0) is 22.8. The van der Waals surface area contributed by atoms with E-state index in [4.69, 9.17) is 9.47 Å². The summed E-state index contributed by atoms with van der Waals surface area (Å²) in [6, 6.07) is 5.59. The second-order valence-corrected chi connectivity index (χ2v) is 10.1. The molecule has 1 aromatic carbocycles. The summed E-state index contributed by atoms with van der Waals surface area (Å²) in [5.41, 5.74) is 0.586. The van der Waals surface area contributed by atoms with Gasteiger partial charge in [0.05, 0.1) is 20.8 Å². The number of rotatable bonds is 7. The highest BCUT2D eigenvalue weighted by atomic mass is 16.5. The van der Waals surface area contributed by atoms with Gasteiger partial charge in [0.15, 0.2) is 18.2 Å². The summed E-state index contributed by atoms with van der Waals surface area (Å²) in [6.07, 6.45) is 3.40. The predicted molar refractivity (Wildman–Crippen MR) is 119 cm³/mol. The molecular weight excluding hydrogens is 394 g/mol. The molecule has 1 unspecified atom stereocenters. The Hall–Kier alpha value is -2.28. The van der Waals surface area contributed by atoms with E-state index in [1.807, 2.05) is 32.2 Å². The predicted octanol–water partition coefficient (Wildman–Crippen LogP) is 2.59. The summed E-state index contributed by atoms with van der Waals surface area (Å²) in [7, 11) is 3.62. The van der Waals surface area contributed by atoms with E-state index in [-0.39, 0.29) is 17.4 Å². The van der Waals surface area contributed by atoms with E-state index < -0.39 is 5.54 Å². The Kier molecular flexibility index (Phi) is 6.84. The largest absolute Gasteiger partial charge is 0.493 e. The van der Waals surface area contributed by atoms with Crippen molar-refractivity contribution < 1.29 is 24.0 Å². The van der Waals surface area contributed by atoms with Crippen molar-refractivity contribution in [1.82, 2.24) is 10.2 Å². The third-order valence-corrected chi connectivity index (χ3v) is 6.77. The van der Waals surface area contributed by atoms with Crippen LogP contribution in [0.5, 0.6) is 11.5 Å². The second kappa shape index (κ2) is 9.07. The van der Waals surface area contributed by atoms with E-state index >= 15 is 0 Å². The molecule has 3 amide bonds. The molecule has 1 aliphatic carbocycles. The molecule has 2 aliphatic rings. The molecule has 2 fully saturated rings. The Bertz CT molecular complexity index is 810. The van der Waals surface area contributed by atoms with Gasteiger partial charge in [-0.15, -0.1) is 0 Å². The van der Waals surface area contributed by atoms with Crippen molar-refractivity contribution in [3.8, 4) is 11.5 Å². The third-order valence-electron chi connectivity index (χ3n) is 6.77. The SMILES string of the molecule is CCOc1ccc(C[NH+](C)CN2C(=O)NC3(CCC(C(C)(C)C)CC3)C2=O)cc1OC. The molecule has 0 bridgehead atoms. The van der Waals surface area contributed by atoms with E-state index in [0.29, 0.717) is 37.2 Å². The van der Waals surface area contributed by atoms with Gasteiger partial charge in [0.2, 0.25) is 0 Å². The zero-order valence-electron chi connectivity index (χ0n) is 19.8. The summed E-state index contributed by atoms with van der Waals surface area (Å²) in [4.78, 5) is 28.4. The molecule has 1 aliphatic heterocycles. The van der Waals surface area contributed by atoms with Crippen molar-refractivity contribution >= 4 is 11.9 Å². The summed E-state index contributed by atoms with van der Waals surface area (Å²) in [5.74, 6) is 1.93. The number of hydrogen-bond donors (Lipinski definition) is 2. The molecule has 1 heterocycles. The third kappa shape index (κ3) is 4.97. The number of nitrogens with zero attached hydrogens (tertiary/aromatic N) is 1. The highest BCUT2D eigenvalue weighted by Crippen LogP contribution is 2.43. The van der Waals surface area contributed by atoms with Crippen LogP contribution in [-0.2, 0) is 11.3 Å². The van der Waals surface area contributed by atoms with Crippen LogP contribution in [0.25, 0.3) is 0 Å². The maximum absolute atomic E-state index is 13.2. The van der Waals surface area contributed by atoms with Crippen molar-refractivity contribution in [3.05, 3.63) is 23.8 Å². The first kappa shape index (κ1) is 23.4. The number of ether oxygens (including phenoxy) is 2. The zero-order valence-corrected chi connectivity index (χ0v) is 19.8. The van der Waals surface area contributed by atoms with Gasteiger partial charge in [-0.05, 0) is 62.1 Å². The summed E-state index contributed by atoms with van der Waals surface area (Å²) in [5, 5.41) is 3.04. The standard InChI is InChI=1S/C24H37N3O4/c1-7-31-19-9-8-17(14-20(19)30-6)15-26(5)16-27-21(28)24(25-22(27)29)12-10-18(11-13-24)23(2,3)4/h8-9,14,18H,7,10-13,15-16H2,1-6H3,(H,25,29)/p+1. The highest BCUT2D eigenvalue weighted by molar-refractivity contribution is 6.06. The first-order chi connectivity index (χ1) is 14.6. The molecule has 31 heavy (non-hydrogen) atoms. The minimum absolute atomic E-state index is 0.0616. The number of benzene rings is 1. The minimum Gasteiger partial charge on any atom is -0.493 e. The molecule has 3 rings (SSSR count). The molecular formula is C24H38N3O4+. The molecule has 1 atom stereocenters. The van der Waals surface area contributed by atoms with Gasteiger partial charge in [0.1, 0.15) is 12.1 Å². The van der Waals surface area contributed by atoms with Crippen molar-refractivity contribution in [2.75, 3.05) is 27.4 Å². The average Bonchev–Trinajstić information content (AvgIpc) is 2.93. The molecule has 2 N–H and O–H groups in total. The maximum atomic E-state index is 13.2. The van der Waals surface area contributed by atoms with E-state index in [2.05, 4.69) is 26.1 Å². The minimum atomic E-state index is -0.707. The van der Waals surface area contributed by atoms with Crippen LogP contribution in [0.15, 0.2) is 18.2 Å². The number of carbonyl (C=O) groups excluding carboxylic acids is 2. The van der Waals surface area contributed by atoms with Crippen LogP contribution in [0.2, 0.25) is 0 Å². The quantitative estimate of drug-likeness (QED) is 0.650. The lowest BCUT2D eigenvalue weighted by Crippen LogP contribution is -3.09. The topological polar surface area (TPSA) is 72.3 Å². The van der Waals surface area contributed by atoms with Gasteiger partial charge in [-0.2, -0.15) is 0 Å². The molecule has 0 aromatic heterocycles. The lowest BCUT2D eigenvalue weighted by atomic mass is 9.67. The van der Waals surface area contributed by atoms with Gasteiger partial charge in [0.25, 0.3) is 5.91 Å². The highest BCUT2D eigenvalue weighted by Gasteiger charge is 2.54. The first-order valence-electron chi connectivity index (χ1n) is 11.3. The van der Waals surface area contributed by atoms with Crippen LogP contribution in [-0.4, -0.2) is 49.8 Å². The average molecular weight is 433 g/mol. The number of hydrogen-bond acceptors (Lipinski definition) is 4. The lowest BCUT2D eigenvalue weighted by molar-refractivity contribution is -0.901. The van der Waals surface area contributed by atoms with Crippen molar-refractivity contribution in [1.29, 1.82) is 0 Å². The smallest absolute Gasteiger partial charge is 0.329 e. The number of carbonyl (C=O) groups is 2. The molecule has 1 saturated heterocycles. The van der Waals surface area contributed by atoms with Crippen LogP contribution in [0.1, 0.15) is 58.9 Å². The monoisotopic (exact) mass is 432 g/mol. The number of amides is 3.